The van der Waals surface area contributed by atoms with Gasteiger partial charge in [-0.1, -0.05) is 60.7 Å². The van der Waals surface area contributed by atoms with Gasteiger partial charge in [-0.05, 0) is 11.1 Å². The highest BCUT2D eigenvalue weighted by atomic mass is 32.2. The first-order chi connectivity index (χ1) is 8.18. The Bertz CT molecular complexity index is 454. The molecule has 0 aliphatic carbocycles. The average Bonchev–Trinajstić information content (AvgIpc) is 2.39. The van der Waals surface area contributed by atoms with Crippen LogP contribution in [0.25, 0.3) is 0 Å². The number of rotatable bonds is 4. The number of benzene rings is 2. The van der Waals surface area contributed by atoms with Gasteiger partial charge in [0.05, 0.1) is 0 Å². The maximum absolute atomic E-state index is 6.13. The molecule has 0 spiro atoms. The predicted molar refractivity (Wildman–Crippen MR) is 74.2 cm³/mol. The summed E-state index contributed by atoms with van der Waals surface area (Å²) in [6.07, 6.45) is 0. The summed E-state index contributed by atoms with van der Waals surface area (Å²) in [6, 6.07) is 20.0. The summed E-state index contributed by atoms with van der Waals surface area (Å²) in [4.78, 5) is -0.836. The smallest absolute Gasteiger partial charge is 0.139 e. The largest absolute Gasteiger partial charge is 0.301 e. The Hall–Kier alpha value is -1.29. The van der Waals surface area contributed by atoms with E-state index in [2.05, 4.69) is 12.1 Å². The third-order valence-electron chi connectivity index (χ3n) is 2.55. The molecule has 0 heterocycles. The number of hydrogen-bond acceptors (Lipinski definition) is 3. The molecule has 3 heteroatoms. The van der Waals surface area contributed by atoms with Crippen molar-refractivity contribution in [1.82, 2.24) is 0 Å². The van der Waals surface area contributed by atoms with Crippen LogP contribution < -0.4 is 11.5 Å². The van der Waals surface area contributed by atoms with Crippen molar-refractivity contribution in [3.05, 3.63) is 71.8 Å². The van der Waals surface area contributed by atoms with Crippen molar-refractivity contribution < 1.29 is 0 Å². The van der Waals surface area contributed by atoms with E-state index in [0.29, 0.717) is 0 Å². The van der Waals surface area contributed by atoms with Crippen LogP contribution in [0.2, 0.25) is 0 Å². The van der Waals surface area contributed by atoms with Crippen molar-refractivity contribution in [2.45, 2.75) is 10.7 Å². The van der Waals surface area contributed by atoms with Gasteiger partial charge in [-0.15, -0.1) is 11.8 Å². The van der Waals surface area contributed by atoms with Crippen molar-refractivity contribution in [2.75, 3.05) is 0 Å². The molecule has 0 radical (unpaired) electrons. The lowest BCUT2D eigenvalue weighted by molar-refractivity contribution is 0.695. The summed E-state index contributed by atoms with van der Waals surface area (Å²) >= 11 is 1.54. The molecule has 0 amide bonds. The number of nitrogens with two attached hydrogens (primary N) is 2. The van der Waals surface area contributed by atoms with Gasteiger partial charge in [0.2, 0.25) is 0 Å². The van der Waals surface area contributed by atoms with E-state index in [9.17, 15) is 0 Å². The van der Waals surface area contributed by atoms with Crippen LogP contribution in [0, 0.1) is 0 Å². The zero-order valence-electron chi connectivity index (χ0n) is 9.54. The van der Waals surface area contributed by atoms with Crippen LogP contribution in [0.15, 0.2) is 60.7 Å². The van der Waals surface area contributed by atoms with E-state index >= 15 is 0 Å². The number of thioether (sulfide) groups is 1. The molecule has 0 bridgehead atoms. The van der Waals surface area contributed by atoms with Gasteiger partial charge in [0.25, 0.3) is 0 Å². The molecule has 0 aromatic heterocycles. The fourth-order valence-corrected chi connectivity index (χ4v) is 2.46. The van der Waals surface area contributed by atoms with Gasteiger partial charge in [0.1, 0.15) is 4.99 Å². The van der Waals surface area contributed by atoms with Crippen LogP contribution in [0.1, 0.15) is 11.1 Å². The Kier molecular flexibility index (Phi) is 3.84. The minimum absolute atomic E-state index is 0.808. The third-order valence-corrected chi connectivity index (χ3v) is 3.74. The lowest BCUT2D eigenvalue weighted by atomic mass is 10.2. The number of hydrogen-bond donors (Lipinski definition) is 2. The van der Waals surface area contributed by atoms with Gasteiger partial charge in [-0.2, -0.15) is 0 Å². The highest BCUT2D eigenvalue weighted by molar-refractivity contribution is 7.99. The molecule has 88 valence electrons. The third kappa shape index (κ3) is 3.33. The fraction of sp³-hybridized carbons (Fsp3) is 0.143. The average molecular weight is 244 g/mol. The molecule has 0 atom stereocenters. The van der Waals surface area contributed by atoms with E-state index in [4.69, 9.17) is 11.5 Å². The van der Waals surface area contributed by atoms with Gasteiger partial charge >= 0.3 is 0 Å². The minimum atomic E-state index is -0.836. The second-order valence-electron chi connectivity index (χ2n) is 3.93. The van der Waals surface area contributed by atoms with Crippen molar-refractivity contribution >= 4 is 11.8 Å². The quantitative estimate of drug-likeness (QED) is 0.813. The maximum Gasteiger partial charge on any atom is 0.139 e. The molecule has 0 aliphatic rings. The Balaban J connectivity index is 2.03. The Morgan fingerprint density at radius 3 is 1.94 bits per heavy atom. The monoisotopic (exact) mass is 244 g/mol. The lowest BCUT2D eigenvalue weighted by Gasteiger charge is -2.24. The first-order valence-corrected chi connectivity index (χ1v) is 6.48. The van der Waals surface area contributed by atoms with Crippen LogP contribution in [-0.2, 0) is 10.7 Å². The van der Waals surface area contributed by atoms with E-state index in [1.807, 2.05) is 48.5 Å². The zero-order valence-corrected chi connectivity index (χ0v) is 10.4. The van der Waals surface area contributed by atoms with Crippen LogP contribution in [0.3, 0.4) is 0 Å². The zero-order chi connectivity index (χ0) is 12.1. The van der Waals surface area contributed by atoms with E-state index in [-0.39, 0.29) is 0 Å². The summed E-state index contributed by atoms with van der Waals surface area (Å²) in [7, 11) is 0. The van der Waals surface area contributed by atoms with E-state index in [1.54, 1.807) is 11.8 Å². The molecule has 4 N–H and O–H groups in total. The summed E-state index contributed by atoms with van der Waals surface area (Å²) < 4.78 is 0. The van der Waals surface area contributed by atoms with Crippen molar-refractivity contribution in [1.29, 1.82) is 0 Å². The van der Waals surface area contributed by atoms with Gasteiger partial charge in [-0.3, -0.25) is 0 Å². The van der Waals surface area contributed by atoms with Gasteiger partial charge in [-0.25, -0.2) is 0 Å². The van der Waals surface area contributed by atoms with Crippen molar-refractivity contribution in [3.63, 3.8) is 0 Å². The summed E-state index contributed by atoms with van der Waals surface area (Å²) in [5.74, 6) is 0.808. The lowest BCUT2D eigenvalue weighted by Crippen LogP contribution is -2.42. The normalized spacial score (nSPS) is 11.4. The second kappa shape index (κ2) is 5.36. The van der Waals surface area contributed by atoms with Crippen LogP contribution in [0.5, 0.6) is 0 Å². The molecular weight excluding hydrogens is 228 g/mol. The Morgan fingerprint density at radius 1 is 0.824 bits per heavy atom. The molecule has 0 saturated carbocycles. The summed E-state index contributed by atoms with van der Waals surface area (Å²) in [5, 5.41) is 0. The molecule has 0 aliphatic heterocycles. The predicted octanol–water partition coefficient (Wildman–Crippen LogP) is 2.65. The molecule has 17 heavy (non-hydrogen) atoms. The van der Waals surface area contributed by atoms with Crippen molar-refractivity contribution in [2.24, 2.45) is 11.5 Å². The van der Waals surface area contributed by atoms with Gasteiger partial charge in [0.15, 0.2) is 0 Å². The first-order valence-electron chi connectivity index (χ1n) is 5.50. The first kappa shape index (κ1) is 12.2. The van der Waals surface area contributed by atoms with Crippen LogP contribution >= 0.6 is 11.8 Å². The highest BCUT2D eigenvalue weighted by Crippen LogP contribution is 2.28. The maximum atomic E-state index is 6.13. The van der Waals surface area contributed by atoms with Crippen molar-refractivity contribution in [3.8, 4) is 0 Å². The van der Waals surface area contributed by atoms with Gasteiger partial charge < -0.3 is 11.5 Å². The van der Waals surface area contributed by atoms with E-state index in [1.165, 1.54) is 5.56 Å². The van der Waals surface area contributed by atoms with Crippen LogP contribution in [0.4, 0.5) is 0 Å². The fourth-order valence-electron chi connectivity index (χ4n) is 1.56. The molecule has 2 rings (SSSR count). The Labute approximate surface area is 106 Å². The molecule has 2 nitrogen and oxygen atoms in total. The van der Waals surface area contributed by atoms with E-state index in [0.717, 1.165) is 11.3 Å². The molecule has 0 fully saturated rings. The minimum Gasteiger partial charge on any atom is -0.301 e. The summed E-state index contributed by atoms with van der Waals surface area (Å²) in [5.41, 5.74) is 14.4. The standard InChI is InChI=1S/C14H16N2S/c15-14(16,13-9-5-2-6-10-13)17-11-12-7-3-1-4-8-12/h1-10H,11,15-16H2. The second-order valence-corrected chi connectivity index (χ2v) is 5.19. The van der Waals surface area contributed by atoms with Gasteiger partial charge in [0, 0.05) is 5.75 Å². The molecular formula is C14H16N2S. The SMILES string of the molecule is NC(N)(SCc1ccccc1)c1ccccc1. The summed E-state index contributed by atoms with van der Waals surface area (Å²) in [6.45, 7) is 0. The molecule has 2 aromatic carbocycles. The van der Waals surface area contributed by atoms with E-state index < -0.39 is 4.99 Å². The molecule has 0 unspecified atom stereocenters. The Morgan fingerprint density at radius 2 is 1.35 bits per heavy atom. The molecule has 2 aromatic rings. The van der Waals surface area contributed by atoms with Crippen LogP contribution in [-0.4, -0.2) is 0 Å². The molecule has 0 saturated heterocycles. The topological polar surface area (TPSA) is 52.0 Å². The highest BCUT2D eigenvalue weighted by Gasteiger charge is 2.21.